The van der Waals surface area contributed by atoms with Crippen LogP contribution >= 0.6 is 0 Å². The minimum atomic E-state index is -4.38. The van der Waals surface area contributed by atoms with Crippen molar-refractivity contribution < 1.29 is 17.9 Å². The molecule has 96 valence electrons. The zero-order chi connectivity index (χ0) is 13.1. The van der Waals surface area contributed by atoms with E-state index in [1.807, 2.05) is 13.8 Å². The van der Waals surface area contributed by atoms with Crippen molar-refractivity contribution in [3.8, 4) is 0 Å². The Kier molecular flexibility index (Phi) is 4.28. The summed E-state index contributed by atoms with van der Waals surface area (Å²) in [6.07, 6.45) is -4.38. The van der Waals surface area contributed by atoms with Gasteiger partial charge in [0.25, 0.3) is 5.56 Å². The Balaban J connectivity index is 2.68. The predicted octanol–water partition coefficient (Wildman–Crippen LogP) is 1.97. The van der Waals surface area contributed by atoms with Gasteiger partial charge in [-0.25, -0.2) is 4.98 Å². The lowest BCUT2D eigenvalue weighted by molar-refractivity contribution is -0.177. The van der Waals surface area contributed by atoms with Crippen molar-refractivity contribution in [3.63, 3.8) is 0 Å². The van der Waals surface area contributed by atoms with Gasteiger partial charge in [0.15, 0.2) is 0 Å². The van der Waals surface area contributed by atoms with E-state index in [2.05, 4.69) is 14.7 Å². The number of nitrogens with zero attached hydrogens (tertiary/aromatic N) is 1. The Morgan fingerprint density at radius 1 is 1.47 bits per heavy atom. The van der Waals surface area contributed by atoms with Crippen molar-refractivity contribution in [2.75, 3.05) is 6.61 Å². The Bertz CT molecular complexity index is 426. The van der Waals surface area contributed by atoms with Crippen LogP contribution in [-0.4, -0.2) is 22.8 Å². The van der Waals surface area contributed by atoms with Crippen LogP contribution in [0.1, 0.15) is 31.3 Å². The van der Waals surface area contributed by atoms with Crippen LogP contribution in [0.5, 0.6) is 0 Å². The molecule has 0 unspecified atom stereocenters. The number of nitrogens with one attached hydrogen (secondary N) is 1. The lowest BCUT2D eigenvalue weighted by Gasteiger charge is -2.09. The first-order valence-electron chi connectivity index (χ1n) is 5.02. The SMILES string of the molecule is CC(C)c1cc(=O)[nH]c(COCC(F)(F)F)n1. The molecule has 0 aliphatic heterocycles. The Hall–Kier alpha value is -1.37. The summed E-state index contributed by atoms with van der Waals surface area (Å²) >= 11 is 0. The molecule has 0 radical (unpaired) electrons. The molecule has 0 bridgehead atoms. The van der Waals surface area contributed by atoms with Gasteiger partial charge >= 0.3 is 6.18 Å². The van der Waals surface area contributed by atoms with E-state index in [1.165, 1.54) is 6.07 Å². The smallest absolute Gasteiger partial charge is 0.364 e. The van der Waals surface area contributed by atoms with Gasteiger partial charge in [-0.2, -0.15) is 13.2 Å². The van der Waals surface area contributed by atoms with Crippen molar-refractivity contribution in [3.05, 3.63) is 27.9 Å². The molecule has 1 aromatic heterocycles. The van der Waals surface area contributed by atoms with Crippen molar-refractivity contribution in [2.24, 2.45) is 0 Å². The number of ether oxygens (including phenoxy) is 1. The number of H-pyrrole nitrogens is 1. The normalized spacial score (nSPS) is 12.1. The van der Waals surface area contributed by atoms with Crippen LogP contribution in [0.15, 0.2) is 10.9 Å². The lowest BCUT2D eigenvalue weighted by Crippen LogP contribution is -2.19. The monoisotopic (exact) mass is 250 g/mol. The maximum atomic E-state index is 11.8. The summed E-state index contributed by atoms with van der Waals surface area (Å²) in [5, 5.41) is 0. The second-order valence-corrected chi connectivity index (χ2v) is 3.88. The summed E-state index contributed by atoms with van der Waals surface area (Å²) < 4.78 is 39.9. The number of rotatable bonds is 4. The molecule has 0 aliphatic carbocycles. The molecule has 0 spiro atoms. The van der Waals surface area contributed by atoms with Crippen LogP contribution in [0.25, 0.3) is 0 Å². The molecule has 0 amide bonds. The number of alkyl halides is 3. The minimum absolute atomic E-state index is 0.0265. The fourth-order valence-corrected chi connectivity index (χ4v) is 1.16. The molecule has 1 aromatic rings. The molecule has 4 nitrogen and oxygen atoms in total. The first kappa shape index (κ1) is 13.7. The van der Waals surface area contributed by atoms with Gasteiger partial charge in [-0.05, 0) is 5.92 Å². The van der Waals surface area contributed by atoms with Gasteiger partial charge in [0.05, 0.1) is 5.69 Å². The van der Waals surface area contributed by atoms with E-state index < -0.39 is 18.3 Å². The third-order valence-corrected chi connectivity index (χ3v) is 1.91. The topological polar surface area (TPSA) is 55.0 Å². The molecule has 1 heterocycles. The van der Waals surface area contributed by atoms with Crippen molar-refractivity contribution in [1.82, 2.24) is 9.97 Å². The van der Waals surface area contributed by atoms with Gasteiger partial charge in [0.1, 0.15) is 19.0 Å². The van der Waals surface area contributed by atoms with Gasteiger partial charge in [-0.3, -0.25) is 4.79 Å². The Morgan fingerprint density at radius 3 is 2.65 bits per heavy atom. The Morgan fingerprint density at radius 2 is 2.12 bits per heavy atom. The zero-order valence-corrected chi connectivity index (χ0v) is 9.47. The first-order chi connectivity index (χ1) is 7.78. The second kappa shape index (κ2) is 5.31. The van der Waals surface area contributed by atoms with E-state index in [0.29, 0.717) is 5.69 Å². The van der Waals surface area contributed by atoms with Gasteiger partial charge in [0.2, 0.25) is 0 Å². The summed E-state index contributed by atoms with van der Waals surface area (Å²) in [7, 11) is 0. The molecular formula is C10H13F3N2O2. The van der Waals surface area contributed by atoms with Crippen LogP contribution in [0.4, 0.5) is 13.2 Å². The van der Waals surface area contributed by atoms with Crippen molar-refractivity contribution in [1.29, 1.82) is 0 Å². The Labute approximate surface area is 95.8 Å². The molecule has 0 aliphatic rings. The molecule has 0 saturated heterocycles. The average Bonchev–Trinajstić information content (AvgIpc) is 2.14. The first-order valence-corrected chi connectivity index (χ1v) is 5.02. The van der Waals surface area contributed by atoms with Crippen LogP contribution < -0.4 is 5.56 Å². The number of halogens is 3. The van der Waals surface area contributed by atoms with Crippen molar-refractivity contribution in [2.45, 2.75) is 32.5 Å². The summed E-state index contributed by atoms with van der Waals surface area (Å²) in [5.41, 5.74) is 0.133. The third-order valence-electron chi connectivity index (χ3n) is 1.91. The summed E-state index contributed by atoms with van der Waals surface area (Å²) in [6, 6.07) is 1.32. The highest BCUT2D eigenvalue weighted by molar-refractivity contribution is 5.06. The fourth-order valence-electron chi connectivity index (χ4n) is 1.16. The molecule has 17 heavy (non-hydrogen) atoms. The molecule has 0 fully saturated rings. The minimum Gasteiger partial charge on any atom is -0.364 e. The van der Waals surface area contributed by atoms with E-state index in [4.69, 9.17) is 0 Å². The fraction of sp³-hybridized carbons (Fsp3) is 0.600. The van der Waals surface area contributed by atoms with Crippen molar-refractivity contribution >= 4 is 0 Å². The van der Waals surface area contributed by atoms with E-state index in [0.717, 1.165) is 0 Å². The molecular weight excluding hydrogens is 237 g/mol. The zero-order valence-electron chi connectivity index (χ0n) is 9.47. The average molecular weight is 250 g/mol. The summed E-state index contributed by atoms with van der Waals surface area (Å²) in [6.45, 7) is 1.95. The number of aromatic nitrogens is 2. The molecule has 0 atom stereocenters. The summed E-state index contributed by atoms with van der Waals surface area (Å²) in [5.74, 6) is 0.129. The van der Waals surface area contributed by atoms with Crippen LogP contribution in [0, 0.1) is 0 Å². The maximum Gasteiger partial charge on any atom is 0.411 e. The van der Waals surface area contributed by atoms with Crippen LogP contribution in [0.3, 0.4) is 0 Å². The second-order valence-electron chi connectivity index (χ2n) is 3.88. The molecule has 0 aromatic carbocycles. The molecule has 0 saturated carbocycles. The molecule has 1 N–H and O–H groups in total. The number of hydrogen-bond donors (Lipinski definition) is 1. The largest absolute Gasteiger partial charge is 0.411 e. The number of aromatic amines is 1. The van der Waals surface area contributed by atoms with E-state index in [1.54, 1.807) is 0 Å². The highest BCUT2D eigenvalue weighted by Gasteiger charge is 2.27. The van der Waals surface area contributed by atoms with E-state index >= 15 is 0 Å². The van der Waals surface area contributed by atoms with E-state index in [-0.39, 0.29) is 18.3 Å². The quantitative estimate of drug-likeness (QED) is 0.888. The van der Waals surface area contributed by atoms with E-state index in [9.17, 15) is 18.0 Å². The molecule has 1 rings (SSSR count). The third kappa shape index (κ3) is 4.99. The standard InChI is InChI=1S/C10H13F3N2O2/c1-6(2)7-3-9(16)15-8(14-7)4-17-5-10(11,12)13/h3,6H,4-5H2,1-2H3,(H,14,15,16). The highest BCUT2D eigenvalue weighted by atomic mass is 19.4. The summed E-state index contributed by atoms with van der Waals surface area (Å²) in [4.78, 5) is 17.5. The van der Waals surface area contributed by atoms with Crippen LogP contribution in [-0.2, 0) is 11.3 Å². The number of hydrogen-bond acceptors (Lipinski definition) is 3. The van der Waals surface area contributed by atoms with Gasteiger partial charge in [-0.15, -0.1) is 0 Å². The van der Waals surface area contributed by atoms with Crippen LogP contribution in [0.2, 0.25) is 0 Å². The van der Waals surface area contributed by atoms with Gasteiger partial charge in [0, 0.05) is 6.07 Å². The highest BCUT2D eigenvalue weighted by Crippen LogP contribution is 2.15. The molecule has 7 heteroatoms. The van der Waals surface area contributed by atoms with Gasteiger partial charge in [-0.1, -0.05) is 13.8 Å². The predicted molar refractivity (Wildman–Crippen MR) is 54.7 cm³/mol. The lowest BCUT2D eigenvalue weighted by atomic mass is 10.1. The van der Waals surface area contributed by atoms with Gasteiger partial charge < -0.3 is 9.72 Å². The maximum absolute atomic E-state index is 11.8.